The van der Waals surface area contributed by atoms with Crippen LogP contribution in [0.2, 0.25) is 5.02 Å². The molecule has 0 radical (unpaired) electrons. The fraction of sp³-hybridized carbons (Fsp3) is 0.538. The standard InChI is InChI=1S/C13H17ClO2/c1-13(15,10-6-8-16-9-7-10)11-4-2-3-5-12(11)14/h2-5,10,15H,6-9H2,1H3. The molecule has 0 spiro atoms. The minimum absolute atomic E-state index is 0.223. The normalized spacial score (nSPS) is 21.7. The highest BCUT2D eigenvalue weighted by molar-refractivity contribution is 6.31. The maximum Gasteiger partial charge on any atom is 0.0912 e. The van der Waals surface area contributed by atoms with Gasteiger partial charge in [0, 0.05) is 23.8 Å². The molecule has 0 bridgehead atoms. The summed E-state index contributed by atoms with van der Waals surface area (Å²) in [6.45, 7) is 3.31. The molecule has 1 heterocycles. The highest BCUT2D eigenvalue weighted by atomic mass is 35.5. The summed E-state index contributed by atoms with van der Waals surface area (Å²) in [5, 5.41) is 11.3. The highest BCUT2D eigenvalue weighted by Crippen LogP contribution is 2.38. The van der Waals surface area contributed by atoms with Gasteiger partial charge in [0.1, 0.15) is 0 Å². The molecule has 3 heteroatoms. The van der Waals surface area contributed by atoms with E-state index >= 15 is 0 Å². The van der Waals surface area contributed by atoms with Crippen molar-refractivity contribution in [3.05, 3.63) is 34.9 Å². The van der Waals surface area contributed by atoms with Gasteiger partial charge in [0.25, 0.3) is 0 Å². The largest absolute Gasteiger partial charge is 0.385 e. The van der Waals surface area contributed by atoms with Gasteiger partial charge in [-0.1, -0.05) is 29.8 Å². The van der Waals surface area contributed by atoms with Crippen LogP contribution in [-0.2, 0) is 10.3 Å². The van der Waals surface area contributed by atoms with Crippen molar-refractivity contribution in [1.82, 2.24) is 0 Å². The number of rotatable bonds is 2. The molecule has 88 valence electrons. The van der Waals surface area contributed by atoms with Crippen LogP contribution in [0.5, 0.6) is 0 Å². The fourth-order valence-electron chi connectivity index (χ4n) is 2.35. The van der Waals surface area contributed by atoms with Gasteiger partial charge in [-0.25, -0.2) is 0 Å². The van der Waals surface area contributed by atoms with Gasteiger partial charge in [-0.05, 0) is 31.7 Å². The first-order valence-electron chi connectivity index (χ1n) is 5.67. The smallest absolute Gasteiger partial charge is 0.0912 e. The molecular formula is C13H17ClO2. The number of hydrogen-bond acceptors (Lipinski definition) is 2. The molecule has 1 fully saturated rings. The third kappa shape index (κ3) is 2.24. The van der Waals surface area contributed by atoms with Crippen molar-refractivity contribution in [1.29, 1.82) is 0 Å². The van der Waals surface area contributed by atoms with Gasteiger partial charge in [-0.2, -0.15) is 0 Å². The number of benzene rings is 1. The summed E-state index contributed by atoms with van der Waals surface area (Å²) >= 11 is 6.14. The molecule has 0 aliphatic carbocycles. The summed E-state index contributed by atoms with van der Waals surface area (Å²) in [7, 11) is 0. The second-order valence-electron chi connectivity index (χ2n) is 4.51. The van der Waals surface area contributed by atoms with E-state index in [1.807, 2.05) is 31.2 Å². The van der Waals surface area contributed by atoms with Crippen molar-refractivity contribution in [2.24, 2.45) is 5.92 Å². The summed E-state index contributed by atoms with van der Waals surface area (Å²) in [6, 6.07) is 7.52. The molecule has 2 nitrogen and oxygen atoms in total. The first kappa shape index (κ1) is 11.9. The maximum atomic E-state index is 10.7. The Morgan fingerprint density at radius 3 is 2.56 bits per heavy atom. The van der Waals surface area contributed by atoms with Gasteiger partial charge in [0.05, 0.1) is 5.60 Å². The highest BCUT2D eigenvalue weighted by Gasteiger charge is 2.35. The van der Waals surface area contributed by atoms with Gasteiger partial charge in [0.2, 0.25) is 0 Å². The van der Waals surface area contributed by atoms with Gasteiger partial charge in [-0.3, -0.25) is 0 Å². The van der Waals surface area contributed by atoms with Crippen LogP contribution in [0.4, 0.5) is 0 Å². The Labute approximate surface area is 101 Å². The number of aliphatic hydroxyl groups is 1. The molecule has 1 N–H and O–H groups in total. The number of halogens is 1. The fourth-order valence-corrected chi connectivity index (χ4v) is 2.68. The van der Waals surface area contributed by atoms with Gasteiger partial charge in [-0.15, -0.1) is 0 Å². The Morgan fingerprint density at radius 2 is 1.94 bits per heavy atom. The Balaban J connectivity index is 2.26. The molecule has 1 atom stereocenters. The van der Waals surface area contributed by atoms with Crippen molar-refractivity contribution in [3.8, 4) is 0 Å². The van der Waals surface area contributed by atoms with E-state index in [9.17, 15) is 5.11 Å². The van der Waals surface area contributed by atoms with Crippen LogP contribution in [-0.4, -0.2) is 18.3 Å². The topological polar surface area (TPSA) is 29.5 Å². The summed E-state index contributed by atoms with van der Waals surface area (Å²) in [5.74, 6) is 0.223. The molecule has 0 saturated carbocycles. The molecule has 0 aromatic heterocycles. The van der Waals surface area contributed by atoms with Crippen LogP contribution in [0.15, 0.2) is 24.3 Å². The molecule has 16 heavy (non-hydrogen) atoms. The lowest BCUT2D eigenvalue weighted by molar-refractivity contribution is -0.0579. The molecule has 1 aromatic carbocycles. The molecule has 2 rings (SSSR count). The molecule has 1 saturated heterocycles. The number of hydrogen-bond donors (Lipinski definition) is 1. The third-order valence-corrected chi connectivity index (χ3v) is 3.76. The first-order chi connectivity index (χ1) is 7.62. The lowest BCUT2D eigenvalue weighted by Crippen LogP contribution is -2.36. The lowest BCUT2D eigenvalue weighted by Gasteiger charge is -2.36. The van der Waals surface area contributed by atoms with E-state index in [4.69, 9.17) is 16.3 Å². The van der Waals surface area contributed by atoms with E-state index in [-0.39, 0.29) is 5.92 Å². The van der Waals surface area contributed by atoms with Gasteiger partial charge < -0.3 is 9.84 Å². The predicted molar refractivity (Wildman–Crippen MR) is 64.6 cm³/mol. The Hall–Kier alpha value is -0.570. The van der Waals surface area contributed by atoms with Gasteiger partial charge in [0.15, 0.2) is 0 Å². The van der Waals surface area contributed by atoms with Gasteiger partial charge >= 0.3 is 0 Å². The van der Waals surface area contributed by atoms with Crippen molar-refractivity contribution >= 4 is 11.6 Å². The SMILES string of the molecule is CC(O)(c1ccccc1Cl)C1CCOCC1. The minimum Gasteiger partial charge on any atom is -0.385 e. The van der Waals surface area contributed by atoms with Crippen LogP contribution in [0.1, 0.15) is 25.3 Å². The minimum atomic E-state index is -0.859. The van der Waals surface area contributed by atoms with Crippen molar-refractivity contribution < 1.29 is 9.84 Å². The summed E-state index contributed by atoms with van der Waals surface area (Å²) in [4.78, 5) is 0. The predicted octanol–water partition coefficient (Wildman–Crippen LogP) is 2.97. The quantitative estimate of drug-likeness (QED) is 0.861. The van der Waals surface area contributed by atoms with Crippen LogP contribution in [0.25, 0.3) is 0 Å². The second kappa shape index (κ2) is 4.74. The van der Waals surface area contributed by atoms with E-state index < -0.39 is 5.60 Å². The van der Waals surface area contributed by atoms with E-state index in [2.05, 4.69) is 0 Å². The summed E-state index contributed by atoms with van der Waals surface area (Å²) in [6.07, 6.45) is 1.77. The zero-order valence-corrected chi connectivity index (χ0v) is 10.2. The molecular weight excluding hydrogens is 224 g/mol. The Bertz CT molecular complexity index is 357. The van der Waals surface area contributed by atoms with Crippen LogP contribution < -0.4 is 0 Å². The monoisotopic (exact) mass is 240 g/mol. The zero-order valence-electron chi connectivity index (χ0n) is 9.45. The van der Waals surface area contributed by atoms with E-state index in [0.717, 1.165) is 31.6 Å². The molecule has 1 aliphatic rings. The van der Waals surface area contributed by atoms with E-state index in [1.54, 1.807) is 0 Å². The van der Waals surface area contributed by atoms with E-state index in [0.29, 0.717) is 5.02 Å². The van der Waals surface area contributed by atoms with Crippen LogP contribution in [0, 0.1) is 5.92 Å². The molecule has 1 aromatic rings. The Morgan fingerprint density at radius 1 is 1.31 bits per heavy atom. The lowest BCUT2D eigenvalue weighted by atomic mass is 9.78. The average molecular weight is 241 g/mol. The zero-order chi connectivity index (χ0) is 11.6. The summed E-state index contributed by atoms with van der Waals surface area (Å²) < 4.78 is 5.32. The van der Waals surface area contributed by atoms with Crippen molar-refractivity contribution in [3.63, 3.8) is 0 Å². The van der Waals surface area contributed by atoms with Crippen LogP contribution >= 0.6 is 11.6 Å². The number of ether oxygens (including phenoxy) is 1. The van der Waals surface area contributed by atoms with Crippen molar-refractivity contribution in [2.75, 3.05) is 13.2 Å². The van der Waals surface area contributed by atoms with Crippen molar-refractivity contribution in [2.45, 2.75) is 25.4 Å². The first-order valence-corrected chi connectivity index (χ1v) is 6.05. The van der Waals surface area contributed by atoms with E-state index in [1.165, 1.54) is 0 Å². The molecule has 0 amide bonds. The molecule has 1 unspecified atom stereocenters. The Kier molecular flexibility index (Phi) is 3.53. The molecule has 1 aliphatic heterocycles. The second-order valence-corrected chi connectivity index (χ2v) is 4.92. The average Bonchev–Trinajstić information content (AvgIpc) is 2.30. The maximum absolute atomic E-state index is 10.7. The third-order valence-electron chi connectivity index (χ3n) is 3.44. The summed E-state index contributed by atoms with van der Waals surface area (Å²) in [5.41, 5.74) is -0.0363. The van der Waals surface area contributed by atoms with Crippen LogP contribution in [0.3, 0.4) is 0 Å².